The first-order chi connectivity index (χ1) is 12.4. The molecule has 8 heteroatoms. The highest BCUT2D eigenvalue weighted by Crippen LogP contribution is 2.27. The van der Waals surface area contributed by atoms with Crippen LogP contribution in [-0.2, 0) is 16.2 Å². The lowest BCUT2D eigenvalue weighted by molar-refractivity contribution is -0.123. The van der Waals surface area contributed by atoms with Crippen molar-refractivity contribution in [3.8, 4) is 5.75 Å². The molecule has 0 unspecified atom stereocenters. The van der Waals surface area contributed by atoms with E-state index in [2.05, 4.69) is 15.9 Å². The van der Waals surface area contributed by atoms with Gasteiger partial charge in [-0.25, -0.2) is 9.18 Å². The number of carbonyl (C=O) groups is 3. The van der Waals surface area contributed by atoms with Gasteiger partial charge in [0.1, 0.15) is 23.7 Å². The predicted octanol–water partition coefficient (Wildman–Crippen LogP) is 2.92. The zero-order valence-corrected chi connectivity index (χ0v) is 14.8. The average Bonchev–Trinajstić information content (AvgIpc) is 2.57. The second kappa shape index (κ2) is 7.49. The fourth-order valence-corrected chi connectivity index (χ4v) is 2.69. The summed E-state index contributed by atoms with van der Waals surface area (Å²) in [6.45, 7) is 0.104. The van der Waals surface area contributed by atoms with E-state index in [1.165, 1.54) is 18.2 Å². The van der Waals surface area contributed by atoms with Crippen molar-refractivity contribution in [1.82, 2.24) is 10.6 Å². The Hall–Kier alpha value is -3.00. The van der Waals surface area contributed by atoms with Gasteiger partial charge >= 0.3 is 6.03 Å². The third-order valence-corrected chi connectivity index (χ3v) is 3.99. The van der Waals surface area contributed by atoms with Gasteiger partial charge in [0, 0.05) is 10.0 Å². The summed E-state index contributed by atoms with van der Waals surface area (Å²) in [6.07, 6.45) is 1.32. The van der Waals surface area contributed by atoms with Gasteiger partial charge in [-0.05, 0) is 42.0 Å². The van der Waals surface area contributed by atoms with E-state index in [-0.39, 0.29) is 18.0 Å². The van der Waals surface area contributed by atoms with Crippen LogP contribution >= 0.6 is 15.9 Å². The fourth-order valence-electron chi connectivity index (χ4n) is 2.31. The number of hydrogen-bond acceptors (Lipinski definition) is 4. The Bertz CT molecular complexity index is 921. The van der Waals surface area contributed by atoms with Gasteiger partial charge in [-0.1, -0.05) is 28.1 Å². The minimum Gasteiger partial charge on any atom is -0.488 e. The lowest BCUT2D eigenvalue weighted by atomic mass is 10.1. The molecule has 2 N–H and O–H groups in total. The number of barbiturate groups is 1. The number of ether oxygens (including phenoxy) is 1. The van der Waals surface area contributed by atoms with E-state index in [1.54, 1.807) is 30.3 Å². The summed E-state index contributed by atoms with van der Waals surface area (Å²) in [5.74, 6) is -1.57. The molecular weight excluding hydrogens is 407 g/mol. The van der Waals surface area contributed by atoms with E-state index < -0.39 is 17.8 Å². The summed E-state index contributed by atoms with van der Waals surface area (Å²) in [7, 11) is 0. The molecule has 3 rings (SSSR count). The van der Waals surface area contributed by atoms with Crippen LogP contribution in [-0.4, -0.2) is 17.8 Å². The Morgan fingerprint density at radius 1 is 1.04 bits per heavy atom. The van der Waals surface area contributed by atoms with Crippen LogP contribution in [0.25, 0.3) is 6.08 Å². The van der Waals surface area contributed by atoms with E-state index in [1.807, 2.05) is 10.6 Å². The molecule has 0 spiro atoms. The standard InChI is InChI=1S/C18H12BrFN2O4/c19-12-4-5-15(26-9-10-2-1-3-13(20)6-10)11(7-12)8-14-16(23)21-18(25)22-17(14)24/h1-8H,9H2,(H2,21,22,23,24,25). The number of imide groups is 2. The highest BCUT2D eigenvalue weighted by atomic mass is 79.9. The van der Waals surface area contributed by atoms with Crippen LogP contribution in [0.3, 0.4) is 0 Å². The maximum absolute atomic E-state index is 13.3. The molecule has 1 aliphatic heterocycles. The van der Waals surface area contributed by atoms with Crippen molar-refractivity contribution in [2.75, 3.05) is 0 Å². The summed E-state index contributed by atoms with van der Waals surface area (Å²) in [5, 5.41) is 4.01. The molecule has 132 valence electrons. The fraction of sp³-hybridized carbons (Fsp3) is 0.0556. The summed E-state index contributed by atoms with van der Waals surface area (Å²) in [5.41, 5.74) is 0.856. The van der Waals surface area contributed by atoms with Crippen molar-refractivity contribution in [3.63, 3.8) is 0 Å². The van der Waals surface area contributed by atoms with Gasteiger partial charge in [0.2, 0.25) is 0 Å². The molecule has 0 bridgehead atoms. The molecule has 0 radical (unpaired) electrons. The first kappa shape index (κ1) is 17.8. The van der Waals surface area contributed by atoms with E-state index in [9.17, 15) is 18.8 Å². The molecule has 0 saturated carbocycles. The molecular formula is C18H12BrFN2O4. The van der Waals surface area contributed by atoms with Gasteiger partial charge in [0.05, 0.1) is 0 Å². The number of urea groups is 1. The first-order valence-corrected chi connectivity index (χ1v) is 8.27. The van der Waals surface area contributed by atoms with Crippen LogP contribution in [0.4, 0.5) is 9.18 Å². The Balaban J connectivity index is 1.88. The molecule has 26 heavy (non-hydrogen) atoms. The number of amides is 4. The molecule has 2 aromatic rings. The Labute approximate surface area is 156 Å². The molecule has 1 fully saturated rings. The van der Waals surface area contributed by atoms with Crippen molar-refractivity contribution >= 4 is 39.9 Å². The third-order valence-electron chi connectivity index (χ3n) is 3.50. The number of hydrogen-bond donors (Lipinski definition) is 2. The molecule has 4 amide bonds. The van der Waals surface area contributed by atoms with E-state index >= 15 is 0 Å². The van der Waals surface area contributed by atoms with Crippen molar-refractivity contribution < 1.29 is 23.5 Å². The minimum atomic E-state index is -0.867. The van der Waals surface area contributed by atoms with Crippen LogP contribution in [0.15, 0.2) is 52.5 Å². The summed E-state index contributed by atoms with van der Waals surface area (Å²) >= 11 is 3.32. The molecule has 6 nitrogen and oxygen atoms in total. The van der Waals surface area contributed by atoms with E-state index in [0.29, 0.717) is 21.3 Å². The lowest BCUT2D eigenvalue weighted by Crippen LogP contribution is -2.51. The second-order valence-electron chi connectivity index (χ2n) is 5.40. The Morgan fingerprint density at radius 3 is 2.46 bits per heavy atom. The highest BCUT2D eigenvalue weighted by molar-refractivity contribution is 9.10. The van der Waals surface area contributed by atoms with Crippen molar-refractivity contribution in [2.45, 2.75) is 6.61 Å². The van der Waals surface area contributed by atoms with E-state index in [0.717, 1.165) is 0 Å². The second-order valence-corrected chi connectivity index (χ2v) is 6.31. The van der Waals surface area contributed by atoms with Crippen molar-refractivity contribution in [2.24, 2.45) is 0 Å². The van der Waals surface area contributed by atoms with Crippen LogP contribution in [0, 0.1) is 5.82 Å². The smallest absolute Gasteiger partial charge is 0.328 e. The van der Waals surface area contributed by atoms with Gasteiger partial charge in [0.25, 0.3) is 11.8 Å². The molecule has 0 aromatic heterocycles. The molecule has 1 saturated heterocycles. The molecule has 2 aromatic carbocycles. The molecule has 0 aliphatic carbocycles. The minimum absolute atomic E-state index is 0.104. The van der Waals surface area contributed by atoms with Crippen LogP contribution in [0.5, 0.6) is 5.75 Å². The normalized spacial score (nSPS) is 13.9. The average molecular weight is 419 g/mol. The largest absolute Gasteiger partial charge is 0.488 e. The number of rotatable bonds is 4. The highest BCUT2D eigenvalue weighted by Gasteiger charge is 2.28. The van der Waals surface area contributed by atoms with Crippen LogP contribution in [0.1, 0.15) is 11.1 Å². The van der Waals surface area contributed by atoms with Gasteiger partial charge in [-0.15, -0.1) is 0 Å². The van der Waals surface area contributed by atoms with E-state index in [4.69, 9.17) is 4.74 Å². The van der Waals surface area contributed by atoms with Gasteiger partial charge in [-0.3, -0.25) is 20.2 Å². The SMILES string of the molecule is O=C1NC(=O)C(=Cc2cc(Br)ccc2OCc2cccc(F)c2)C(=O)N1. The Morgan fingerprint density at radius 2 is 1.77 bits per heavy atom. The zero-order valence-electron chi connectivity index (χ0n) is 13.2. The number of halogens is 2. The van der Waals surface area contributed by atoms with Gasteiger partial charge in [-0.2, -0.15) is 0 Å². The number of benzene rings is 2. The topological polar surface area (TPSA) is 84.5 Å². The van der Waals surface area contributed by atoms with Gasteiger partial charge in [0.15, 0.2) is 0 Å². The summed E-state index contributed by atoms with van der Waals surface area (Å²) in [6, 6.07) is 10.2. The Kier molecular flexibility index (Phi) is 5.13. The maximum Gasteiger partial charge on any atom is 0.328 e. The summed E-state index contributed by atoms with van der Waals surface area (Å²) in [4.78, 5) is 34.9. The molecule has 0 atom stereocenters. The predicted molar refractivity (Wildman–Crippen MR) is 94.5 cm³/mol. The maximum atomic E-state index is 13.3. The van der Waals surface area contributed by atoms with Crippen molar-refractivity contribution in [1.29, 1.82) is 0 Å². The van der Waals surface area contributed by atoms with Crippen LogP contribution in [0.2, 0.25) is 0 Å². The lowest BCUT2D eigenvalue weighted by Gasteiger charge is -2.15. The molecule has 1 aliphatic rings. The first-order valence-electron chi connectivity index (χ1n) is 7.47. The zero-order chi connectivity index (χ0) is 18.7. The van der Waals surface area contributed by atoms with Crippen molar-refractivity contribution in [3.05, 3.63) is 69.5 Å². The molecule has 1 heterocycles. The number of nitrogens with one attached hydrogen (secondary N) is 2. The number of carbonyl (C=O) groups excluding carboxylic acids is 3. The monoisotopic (exact) mass is 418 g/mol. The van der Waals surface area contributed by atoms with Crippen LogP contribution < -0.4 is 15.4 Å². The summed E-state index contributed by atoms with van der Waals surface area (Å²) < 4.78 is 19.7. The van der Waals surface area contributed by atoms with Gasteiger partial charge < -0.3 is 4.74 Å². The quantitative estimate of drug-likeness (QED) is 0.590. The third kappa shape index (κ3) is 4.15.